The van der Waals surface area contributed by atoms with Crippen LogP contribution in [0.25, 0.3) is 0 Å². The summed E-state index contributed by atoms with van der Waals surface area (Å²) in [6, 6.07) is 12.0. The van der Waals surface area contributed by atoms with Crippen molar-refractivity contribution in [2.24, 2.45) is 0 Å². The highest BCUT2D eigenvalue weighted by atomic mass is 79.9. The lowest BCUT2D eigenvalue weighted by molar-refractivity contribution is -0.385. The van der Waals surface area contributed by atoms with Crippen molar-refractivity contribution in [3.8, 4) is 0 Å². The number of benzene rings is 2. The normalized spacial score (nSPS) is 11.3. The average Bonchev–Trinajstić information content (AvgIpc) is 2.95. The van der Waals surface area contributed by atoms with Crippen molar-refractivity contribution < 1.29 is 13.3 Å². The van der Waals surface area contributed by atoms with Gasteiger partial charge < -0.3 is 0 Å². The van der Waals surface area contributed by atoms with Crippen LogP contribution in [0.3, 0.4) is 0 Å². The van der Waals surface area contributed by atoms with Crippen molar-refractivity contribution in [1.29, 1.82) is 0 Å². The van der Waals surface area contributed by atoms with Crippen LogP contribution >= 0.6 is 27.5 Å². The number of nitro groups is 1. The second kappa shape index (κ2) is 7.67. The summed E-state index contributed by atoms with van der Waals surface area (Å²) in [7, 11) is -4.05. The summed E-state index contributed by atoms with van der Waals surface area (Å²) in [4.78, 5) is 9.96. The molecule has 2 aromatic carbocycles. The van der Waals surface area contributed by atoms with Crippen LogP contribution < -0.4 is 4.72 Å². The number of nitro benzene ring substituents is 1. The summed E-state index contributed by atoms with van der Waals surface area (Å²) in [5.41, 5.74) is 0.503. The molecule has 8 nitrogen and oxygen atoms in total. The molecule has 0 atom stereocenters. The summed E-state index contributed by atoms with van der Waals surface area (Å²) in [6.45, 7) is 0.344. The Bertz CT molecular complexity index is 1120. The molecular formula is C16H12BrClN4O4S. The van der Waals surface area contributed by atoms with Crippen LogP contribution in [0.1, 0.15) is 5.56 Å². The van der Waals surface area contributed by atoms with Crippen LogP contribution in [-0.4, -0.2) is 23.1 Å². The first kappa shape index (κ1) is 19.3. The van der Waals surface area contributed by atoms with E-state index in [0.717, 1.165) is 11.6 Å². The lowest BCUT2D eigenvalue weighted by atomic mass is 10.2. The van der Waals surface area contributed by atoms with Crippen LogP contribution in [0.2, 0.25) is 5.02 Å². The van der Waals surface area contributed by atoms with Gasteiger partial charge in [-0.25, -0.2) is 8.42 Å². The second-order valence-electron chi connectivity index (χ2n) is 5.47. The minimum Gasteiger partial charge on any atom is -0.265 e. The first-order valence-electron chi connectivity index (χ1n) is 7.50. The third kappa shape index (κ3) is 4.46. The van der Waals surface area contributed by atoms with Gasteiger partial charge in [-0.2, -0.15) is 5.10 Å². The molecule has 0 radical (unpaired) electrons. The van der Waals surface area contributed by atoms with Gasteiger partial charge in [0.15, 0.2) is 5.82 Å². The van der Waals surface area contributed by atoms with Crippen molar-refractivity contribution >= 4 is 49.1 Å². The van der Waals surface area contributed by atoms with E-state index in [9.17, 15) is 18.5 Å². The van der Waals surface area contributed by atoms with Gasteiger partial charge in [0.1, 0.15) is 0 Å². The van der Waals surface area contributed by atoms with E-state index in [1.165, 1.54) is 22.9 Å². The predicted molar refractivity (Wildman–Crippen MR) is 104 cm³/mol. The van der Waals surface area contributed by atoms with Crippen molar-refractivity contribution in [1.82, 2.24) is 9.78 Å². The minimum absolute atomic E-state index is 0.0635. The Hall–Kier alpha value is -2.43. The topological polar surface area (TPSA) is 107 Å². The first-order valence-corrected chi connectivity index (χ1v) is 10.2. The van der Waals surface area contributed by atoms with Gasteiger partial charge in [0, 0.05) is 23.4 Å². The Morgan fingerprint density at radius 2 is 1.96 bits per heavy atom. The molecule has 0 spiro atoms. The second-order valence-corrected chi connectivity index (χ2v) is 8.42. The number of hydrogen-bond acceptors (Lipinski definition) is 5. The lowest BCUT2D eigenvalue weighted by Crippen LogP contribution is -2.14. The van der Waals surface area contributed by atoms with Crippen LogP contribution in [0.5, 0.6) is 0 Å². The highest BCUT2D eigenvalue weighted by Gasteiger charge is 2.20. The van der Waals surface area contributed by atoms with Gasteiger partial charge in [-0.15, -0.1) is 0 Å². The minimum atomic E-state index is -4.05. The largest absolute Gasteiger partial charge is 0.270 e. The number of anilines is 1. The number of nitrogens with zero attached hydrogens (tertiary/aromatic N) is 3. The maximum atomic E-state index is 12.5. The Labute approximate surface area is 168 Å². The lowest BCUT2D eigenvalue weighted by Gasteiger charge is -2.06. The van der Waals surface area contributed by atoms with Gasteiger partial charge in [0.2, 0.25) is 0 Å². The Morgan fingerprint density at radius 3 is 2.67 bits per heavy atom. The molecule has 0 fully saturated rings. The summed E-state index contributed by atoms with van der Waals surface area (Å²) >= 11 is 9.39. The standard InChI is InChI=1S/C16H12BrClN4O4S/c17-14-10-21(9-11-4-1-2-7-15(11)18)19-16(14)20-27(25,26)13-6-3-5-12(8-13)22(23)24/h1-8,10H,9H2,(H,19,20). The maximum absolute atomic E-state index is 12.5. The predicted octanol–water partition coefficient (Wildman–Crippen LogP) is 4.06. The fourth-order valence-electron chi connectivity index (χ4n) is 2.30. The van der Waals surface area contributed by atoms with E-state index in [-0.39, 0.29) is 16.4 Å². The fraction of sp³-hybridized carbons (Fsp3) is 0.0625. The molecular weight excluding hydrogens is 460 g/mol. The number of halogens is 2. The van der Waals surface area contributed by atoms with E-state index >= 15 is 0 Å². The van der Waals surface area contributed by atoms with Crippen molar-refractivity contribution in [2.45, 2.75) is 11.4 Å². The number of sulfonamides is 1. The molecule has 0 aliphatic heterocycles. The highest BCUT2D eigenvalue weighted by Crippen LogP contribution is 2.26. The van der Waals surface area contributed by atoms with Crippen molar-refractivity contribution in [3.63, 3.8) is 0 Å². The smallest absolute Gasteiger partial charge is 0.265 e. The van der Waals surface area contributed by atoms with Crippen LogP contribution in [0, 0.1) is 10.1 Å². The van der Waals surface area contributed by atoms with Crippen molar-refractivity contribution in [3.05, 3.63) is 79.9 Å². The molecule has 0 saturated carbocycles. The molecule has 3 rings (SSSR count). The summed E-state index contributed by atoms with van der Waals surface area (Å²) in [5.74, 6) is 0.0635. The molecule has 11 heteroatoms. The molecule has 0 saturated heterocycles. The quantitative estimate of drug-likeness (QED) is 0.431. The zero-order chi connectivity index (χ0) is 19.6. The Kier molecular flexibility index (Phi) is 5.49. The molecule has 0 amide bonds. The van der Waals surface area contributed by atoms with Crippen LogP contribution in [0.15, 0.2) is 64.1 Å². The van der Waals surface area contributed by atoms with Gasteiger partial charge in [-0.05, 0) is 33.6 Å². The molecule has 27 heavy (non-hydrogen) atoms. The number of hydrogen-bond donors (Lipinski definition) is 1. The SMILES string of the molecule is O=[N+]([O-])c1cccc(S(=O)(=O)Nc2nn(Cc3ccccc3Cl)cc2Br)c1. The molecule has 0 aliphatic rings. The molecule has 0 bridgehead atoms. The molecule has 1 N–H and O–H groups in total. The maximum Gasteiger partial charge on any atom is 0.270 e. The van der Waals surface area contributed by atoms with E-state index in [1.807, 2.05) is 18.2 Å². The van der Waals surface area contributed by atoms with E-state index in [0.29, 0.717) is 16.0 Å². The summed E-state index contributed by atoms with van der Waals surface area (Å²) < 4.78 is 29.3. The third-order valence-electron chi connectivity index (χ3n) is 3.58. The molecule has 1 aromatic heterocycles. The van der Waals surface area contributed by atoms with E-state index in [1.54, 1.807) is 12.3 Å². The number of nitrogens with one attached hydrogen (secondary N) is 1. The van der Waals surface area contributed by atoms with Crippen LogP contribution in [0.4, 0.5) is 11.5 Å². The monoisotopic (exact) mass is 470 g/mol. The van der Waals surface area contributed by atoms with Crippen LogP contribution in [-0.2, 0) is 16.6 Å². The number of non-ortho nitro benzene ring substituents is 1. The number of rotatable bonds is 6. The van der Waals surface area contributed by atoms with Gasteiger partial charge in [-0.3, -0.25) is 19.5 Å². The van der Waals surface area contributed by atoms with Gasteiger partial charge in [-0.1, -0.05) is 35.9 Å². The summed E-state index contributed by atoms with van der Waals surface area (Å²) in [6.07, 6.45) is 1.61. The zero-order valence-electron chi connectivity index (χ0n) is 13.5. The molecule has 1 heterocycles. The molecule has 0 unspecified atom stereocenters. The Balaban J connectivity index is 1.85. The Morgan fingerprint density at radius 1 is 1.22 bits per heavy atom. The fourth-order valence-corrected chi connectivity index (χ4v) is 4.10. The third-order valence-corrected chi connectivity index (χ3v) is 5.86. The van der Waals surface area contributed by atoms with E-state index in [4.69, 9.17) is 11.6 Å². The van der Waals surface area contributed by atoms with Crippen molar-refractivity contribution in [2.75, 3.05) is 4.72 Å². The first-order chi connectivity index (χ1) is 12.8. The molecule has 3 aromatic rings. The van der Waals surface area contributed by atoms with Gasteiger partial charge >= 0.3 is 0 Å². The van der Waals surface area contributed by atoms with E-state index in [2.05, 4.69) is 25.8 Å². The molecule has 140 valence electrons. The van der Waals surface area contributed by atoms with Gasteiger partial charge in [0.05, 0.1) is 20.8 Å². The summed E-state index contributed by atoms with van der Waals surface area (Å²) in [5, 5.41) is 15.6. The zero-order valence-corrected chi connectivity index (χ0v) is 16.7. The average molecular weight is 472 g/mol. The molecule has 0 aliphatic carbocycles. The van der Waals surface area contributed by atoms with Gasteiger partial charge in [0.25, 0.3) is 15.7 Å². The van der Waals surface area contributed by atoms with E-state index < -0.39 is 14.9 Å². The highest BCUT2D eigenvalue weighted by molar-refractivity contribution is 9.10. The number of aromatic nitrogens is 2.